The van der Waals surface area contributed by atoms with Gasteiger partial charge in [-0.2, -0.15) is 13.2 Å². The van der Waals surface area contributed by atoms with Crippen LogP contribution >= 0.6 is 0 Å². The lowest BCUT2D eigenvalue weighted by molar-refractivity contribution is -0.190. The minimum absolute atomic E-state index is 0.00466. The zero-order chi connectivity index (χ0) is 22.8. The Hall–Kier alpha value is -2.37. The predicted octanol–water partition coefficient (Wildman–Crippen LogP) is 4.45. The molecule has 8 heteroatoms. The Morgan fingerprint density at radius 1 is 1.28 bits per heavy atom. The Balaban J connectivity index is 1.35. The van der Waals surface area contributed by atoms with Gasteiger partial charge in [0.1, 0.15) is 5.69 Å². The van der Waals surface area contributed by atoms with Gasteiger partial charge in [0, 0.05) is 24.3 Å². The van der Waals surface area contributed by atoms with E-state index in [0.29, 0.717) is 13.1 Å². The molecule has 172 valence electrons. The van der Waals surface area contributed by atoms with E-state index in [1.165, 1.54) is 6.42 Å². The van der Waals surface area contributed by atoms with Crippen molar-refractivity contribution in [3.63, 3.8) is 0 Å². The molecule has 1 atom stereocenters. The molecule has 4 rings (SSSR count). The minimum Gasteiger partial charge on any atom is -0.376 e. The fourth-order valence-corrected chi connectivity index (χ4v) is 4.23. The monoisotopic (exact) mass is 446 g/mol. The molecular weight excluding hydrogens is 417 g/mol. The zero-order valence-electron chi connectivity index (χ0n) is 18.6. The molecule has 5 nitrogen and oxygen atoms in total. The number of rotatable bonds is 6. The fourth-order valence-electron chi connectivity index (χ4n) is 4.23. The van der Waals surface area contributed by atoms with E-state index in [2.05, 4.69) is 22.2 Å². The average molecular weight is 447 g/mol. The first-order valence-corrected chi connectivity index (χ1v) is 11.1. The summed E-state index contributed by atoms with van der Waals surface area (Å²) in [5.74, 6) is 6.07. The first-order chi connectivity index (χ1) is 15.3. The number of aryl methyl sites for hydroxylation is 1. The number of nitrogens with zero attached hydrogens (tertiary/aromatic N) is 4. The van der Waals surface area contributed by atoms with Crippen LogP contribution in [0.25, 0.3) is 11.3 Å². The third-order valence-corrected chi connectivity index (χ3v) is 6.31. The maximum absolute atomic E-state index is 13.1. The molecule has 2 fully saturated rings. The molecule has 2 aliphatic rings. The number of aromatic nitrogens is 3. The predicted molar refractivity (Wildman–Crippen MR) is 116 cm³/mol. The maximum Gasteiger partial charge on any atom is 0.395 e. The van der Waals surface area contributed by atoms with Gasteiger partial charge < -0.3 is 4.74 Å². The second kappa shape index (κ2) is 9.24. The van der Waals surface area contributed by atoms with Crippen molar-refractivity contribution in [2.24, 2.45) is 5.41 Å². The van der Waals surface area contributed by atoms with Gasteiger partial charge in [-0.3, -0.25) is 4.90 Å². The summed E-state index contributed by atoms with van der Waals surface area (Å²) < 4.78 is 46.9. The number of benzene rings is 1. The summed E-state index contributed by atoms with van der Waals surface area (Å²) >= 11 is 0. The van der Waals surface area contributed by atoms with Crippen LogP contribution in [-0.2, 0) is 11.3 Å². The van der Waals surface area contributed by atoms with Crippen molar-refractivity contribution < 1.29 is 17.9 Å². The molecule has 1 saturated heterocycles. The van der Waals surface area contributed by atoms with Crippen molar-refractivity contribution in [2.75, 3.05) is 26.7 Å². The first-order valence-electron chi connectivity index (χ1n) is 11.1. The first kappa shape index (κ1) is 22.8. The highest BCUT2D eigenvalue weighted by Gasteiger charge is 2.63. The van der Waals surface area contributed by atoms with E-state index in [0.717, 1.165) is 41.8 Å². The number of hydrogen-bond donors (Lipinski definition) is 0. The largest absolute Gasteiger partial charge is 0.395 e. The Morgan fingerprint density at radius 3 is 2.75 bits per heavy atom. The van der Waals surface area contributed by atoms with Crippen molar-refractivity contribution in [3.05, 3.63) is 35.5 Å². The van der Waals surface area contributed by atoms with Crippen LogP contribution in [-0.4, -0.2) is 58.9 Å². The smallest absolute Gasteiger partial charge is 0.376 e. The lowest BCUT2D eigenvalue weighted by Crippen LogP contribution is -2.36. The molecular formula is C24H29F3N4O. The van der Waals surface area contributed by atoms with E-state index >= 15 is 0 Å². The molecule has 1 aliphatic carbocycles. The van der Waals surface area contributed by atoms with Gasteiger partial charge in [-0.05, 0) is 63.8 Å². The van der Waals surface area contributed by atoms with Crippen LogP contribution in [0.1, 0.15) is 43.2 Å². The van der Waals surface area contributed by atoms with Crippen molar-refractivity contribution >= 4 is 0 Å². The second-order valence-corrected chi connectivity index (χ2v) is 9.10. The summed E-state index contributed by atoms with van der Waals surface area (Å²) in [6.07, 6.45) is 1.79. The van der Waals surface area contributed by atoms with Gasteiger partial charge in [-0.15, -0.1) is 5.10 Å². The Kier molecular flexibility index (Phi) is 6.59. The van der Waals surface area contributed by atoms with Gasteiger partial charge in [0.05, 0.1) is 30.8 Å². The van der Waals surface area contributed by atoms with Crippen LogP contribution in [0.5, 0.6) is 0 Å². The summed E-state index contributed by atoms with van der Waals surface area (Å²) in [5, 5.41) is 8.55. The third-order valence-electron chi connectivity index (χ3n) is 6.31. The third kappa shape index (κ3) is 5.33. The number of ether oxygens (including phenoxy) is 1. The highest BCUT2D eigenvalue weighted by Crippen LogP contribution is 2.57. The molecule has 0 radical (unpaired) electrons. The van der Waals surface area contributed by atoms with Crippen LogP contribution in [0.2, 0.25) is 0 Å². The van der Waals surface area contributed by atoms with Crippen LogP contribution < -0.4 is 0 Å². The Bertz CT molecular complexity index is 995. The van der Waals surface area contributed by atoms with Gasteiger partial charge in [-0.25, -0.2) is 4.68 Å². The Labute approximate surface area is 186 Å². The number of halogens is 3. The van der Waals surface area contributed by atoms with E-state index in [-0.39, 0.29) is 25.5 Å². The molecule has 2 aromatic rings. The van der Waals surface area contributed by atoms with Gasteiger partial charge in [0.15, 0.2) is 0 Å². The van der Waals surface area contributed by atoms with Gasteiger partial charge in [0.2, 0.25) is 0 Å². The normalized spacial score (nSPS) is 20.1. The van der Waals surface area contributed by atoms with E-state index in [4.69, 9.17) is 4.74 Å². The summed E-state index contributed by atoms with van der Waals surface area (Å²) in [6.45, 7) is 3.82. The number of hydrogen-bond acceptors (Lipinski definition) is 4. The molecule has 1 aromatic carbocycles. The molecule has 0 N–H and O–H groups in total. The Morgan fingerprint density at radius 2 is 2.09 bits per heavy atom. The molecule has 1 saturated carbocycles. The highest BCUT2D eigenvalue weighted by atomic mass is 19.4. The zero-order valence-corrected chi connectivity index (χ0v) is 18.6. The van der Waals surface area contributed by atoms with Crippen molar-refractivity contribution in [3.8, 4) is 23.1 Å². The van der Waals surface area contributed by atoms with Crippen molar-refractivity contribution in [2.45, 2.75) is 57.9 Å². The lowest BCUT2D eigenvalue weighted by Gasteiger charge is -2.24. The van der Waals surface area contributed by atoms with Crippen molar-refractivity contribution in [1.82, 2.24) is 19.9 Å². The maximum atomic E-state index is 13.1. The molecule has 0 bridgehead atoms. The van der Waals surface area contributed by atoms with E-state index < -0.39 is 11.6 Å². The van der Waals surface area contributed by atoms with Crippen LogP contribution in [0.3, 0.4) is 0 Å². The standard InChI is InChI=1S/C24H29F3N4O/c1-18-14-19(6-5-12-30(2)17-23(10-11-23)24(25,26)27)8-9-21(18)22-16-31(29-28-22)15-20-7-3-4-13-32-20/h8-9,14,16,20H,3-4,7,10-13,15,17H2,1-2H3/t20-/m1/s1. The SMILES string of the molecule is Cc1cc(C#CCN(C)CC2(C(F)(F)F)CC2)ccc1-c1cn(C[C@H]2CCCCO2)nn1. The molecule has 1 aliphatic heterocycles. The van der Waals surface area contributed by atoms with E-state index in [9.17, 15) is 13.2 Å². The number of alkyl halides is 3. The van der Waals surface area contributed by atoms with Gasteiger partial charge in [0.25, 0.3) is 0 Å². The molecule has 0 spiro atoms. The van der Waals surface area contributed by atoms with E-state index in [1.807, 2.05) is 36.0 Å². The summed E-state index contributed by atoms with van der Waals surface area (Å²) in [7, 11) is 1.69. The molecule has 0 amide bonds. The molecule has 32 heavy (non-hydrogen) atoms. The van der Waals surface area contributed by atoms with Crippen LogP contribution in [0, 0.1) is 24.2 Å². The van der Waals surface area contributed by atoms with Gasteiger partial charge in [-0.1, -0.05) is 23.1 Å². The van der Waals surface area contributed by atoms with Crippen LogP contribution in [0.15, 0.2) is 24.4 Å². The quantitative estimate of drug-likeness (QED) is 0.615. The average Bonchev–Trinajstić information content (AvgIpc) is 3.39. The summed E-state index contributed by atoms with van der Waals surface area (Å²) in [6, 6.07) is 5.86. The van der Waals surface area contributed by atoms with Gasteiger partial charge >= 0.3 is 6.18 Å². The topological polar surface area (TPSA) is 43.2 Å². The molecule has 2 heterocycles. The second-order valence-electron chi connectivity index (χ2n) is 9.10. The van der Waals surface area contributed by atoms with Crippen LogP contribution in [0.4, 0.5) is 13.2 Å². The molecule has 1 aromatic heterocycles. The molecule has 0 unspecified atom stereocenters. The fraction of sp³-hybridized carbons (Fsp3) is 0.583. The summed E-state index contributed by atoms with van der Waals surface area (Å²) in [5.41, 5.74) is 2.13. The van der Waals surface area contributed by atoms with Crippen molar-refractivity contribution in [1.29, 1.82) is 0 Å². The van der Waals surface area contributed by atoms with E-state index in [1.54, 1.807) is 11.9 Å². The lowest BCUT2D eigenvalue weighted by atomic mass is 10.0. The minimum atomic E-state index is -4.13. The highest BCUT2D eigenvalue weighted by molar-refractivity contribution is 5.64. The summed E-state index contributed by atoms with van der Waals surface area (Å²) in [4.78, 5) is 1.66.